The third-order valence-electron chi connectivity index (χ3n) is 2.78. The number of anilines is 1. The Labute approximate surface area is 126 Å². The number of rotatable bonds is 5. The van der Waals surface area contributed by atoms with Crippen molar-refractivity contribution in [2.24, 2.45) is 4.99 Å². The number of nitrogens with one attached hydrogen (secondary N) is 2. The molecule has 22 heavy (non-hydrogen) atoms. The molecule has 4 N–H and O–H groups in total. The summed E-state index contributed by atoms with van der Waals surface area (Å²) >= 11 is 0. The van der Waals surface area contributed by atoms with Crippen LogP contribution in [0.4, 0.5) is 5.69 Å². The Bertz CT molecular complexity index is 716. The summed E-state index contributed by atoms with van der Waals surface area (Å²) in [6, 6.07) is 2.96. The molecule has 1 aromatic rings. The van der Waals surface area contributed by atoms with Gasteiger partial charge in [-0.05, 0) is 19.1 Å². The summed E-state index contributed by atoms with van der Waals surface area (Å²) in [5.41, 5.74) is 0.239. The molecule has 10 heteroatoms. The van der Waals surface area contributed by atoms with Crippen LogP contribution in [-0.2, 0) is 14.8 Å². The maximum atomic E-state index is 12.2. The number of fused-ring (bicyclic) bond motifs is 1. The van der Waals surface area contributed by atoms with Crippen molar-refractivity contribution >= 4 is 27.6 Å². The highest BCUT2D eigenvalue weighted by Crippen LogP contribution is 2.28. The number of nitrogens with zero attached hydrogens (tertiary/aromatic N) is 1. The molecule has 1 heterocycles. The number of guanidine groups is 1. The van der Waals surface area contributed by atoms with Crippen molar-refractivity contribution in [2.45, 2.75) is 17.9 Å². The van der Waals surface area contributed by atoms with E-state index in [2.05, 4.69) is 15.0 Å². The molecule has 1 atom stereocenters. The van der Waals surface area contributed by atoms with Crippen LogP contribution in [0.1, 0.15) is 6.92 Å². The summed E-state index contributed by atoms with van der Waals surface area (Å²) in [6.07, 6.45) is 0. The fourth-order valence-electron chi connectivity index (χ4n) is 1.81. The normalized spacial score (nSPS) is 18.7. The van der Waals surface area contributed by atoms with E-state index in [1.807, 2.05) is 0 Å². The number of carboxylic acids is 1. The smallest absolute Gasteiger partial charge is 0.330 e. The van der Waals surface area contributed by atoms with Crippen molar-refractivity contribution < 1.29 is 28.2 Å². The highest BCUT2D eigenvalue weighted by molar-refractivity contribution is 7.90. The van der Waals surface area contributed by atoms with E-state index in [-0.39, 0.29) is 16.5 Å². The summed E-state index contributed by atoms with van der Waals surface area (Å²) in [5, 5.41) is 20.4. The maximum absolute atomic E-state index is 12.2. The molecule has 1 aliphatic rings. The Hall–Kier alpha value is -2.33. The summed E-state index contributed by atoms with van der Waals surface area (Å²) in [6.45, 7) is 1.41. The zero-order chi connectivity index (χ0) is 16.3. The lowest BCUT2D eigenvalue weighted by atomic mass is 10.3. The first-order valence-corrected chi connectivity index (χ1v) is 7.84. The third kappa shape index (κ3) is 3.28. The molecule has 0 aliphatic carbocycles. The number of carboxylic acid groups (broad SMARTS) is 1. The molecule has 0 saturated carbocycles. The van der Waals surface area contributed by atoms with Gasteiger partial charge in [-0.15, -0.1) is 0 Å². The van der Waals surface area contributed by atoms with Gasteiger partial charge in [-0.25, -0.2) is 22.9 Å². The van der Waals surface area contributed by atoms with Gasteiger partial charge in [0.1, 0.15) is 10.6 Å². The van der Waals surface area contributed by atoms with Crippen LogP contribution in [-0.4, -0.2) is 49.8 Å². The molecule has 120 valence electrons. The van der Waals surface area contributed by atoms with Gasteiger partial charge >= 0.3 is 5.97 Å². The molecular weight excluding hydrogens is 314 g/mol. The minimum Gasteiger partial charge on any atom is -0.494 e. The van der Waals surface area contributed by atoms with Crippen LogP contribution >= 0.6 is 0 Å². The van der Waals surface area contributed by atoms with Crippen molar-refractivity contribution in [2.75, 3.05) is 18.5 Å². The summed E-state index contributed by atoms with van der Waals surface area (Å²) in [7, 11) is -3.91. The molecule has 0 aromatic heterocycles. The van der Waals surface area contributed by atoms with Gasteiger partial charge in [-0.3, -0.25) is 0 Å². The van der Waals surface area contributed by atoms with Gasteiger partial charge in [-0.1, -0.05) is 0 Å². The van der Waals surface area contributed by atoms with E-state index >= 15 is 0 Å². The monoisotopic (exact) mass is 329 g/mol. The standard InChI is InChI=1S/C12H15N3O6S/c1-2-21-7-3-4-8-10(5-7)22(19,20)15-12(13-8)14-9(6-16)11(17)18/h3-5,9,16H,2,6H2,1H3,(H,17,18)(H2,13,14,15). The van der Waals surface area contributed by atoms with Crippen LogP contribution in [0.15, 0.2) is 28.1 Å². The van der Waals surface area contributed by atoms with E-state index in [1.165, 1.54) is 12.1 Å². The Morgan fingerprint density at radius 1 is 1.45 bits per heavy atom. The topological polar surface area (TPSA) is 137 Å². The van der Waals surface area contributed by atoms with E-state index < -0.39 is 28.6 Å². The summed E-state index contributed by atoms with van der Waals surface area (Å²) in [4.78, 5) is 14.4. The number of ether oxygens (including phenoxy) is 1. The first-order valence-electron chi connectivity index (χ1n) is 6.35. The van der Waals surface area contributed by atoms with Crippen LogP contribution in [0.25, 0.3) is 0 Å². The second-order valence-electron chi connectivity index (χ2n) is 4.34. The van der Waals surface area contributed by atoms with Crippen molar-refractivity contribution in [1.82, 2.24) is 4.72 Å². The van der Waals surface area contributed by atoms with Gasteiger partial charge in [0.25, 0.3) is 10.0 Å². The largest absolute Gasteiger partial charge is 0.494 e. The maximum Gasteiger partial charge on any atom is 0.330 e. The third-order valence-corrected chi connectivity index (χ3v) is 4.16. The number of aliphatic imine (C=N–C) groups is 1. The van der Waals surface area contributed by atoms with E-state index in [0.29, 0.717) is 12.4 Å². The molecule has 0 saturated heterocycles. The molecule has 2 rings (SSSR count). The van der Waals surface area contributed by atoms with Gasteiger partial charge in [0.2, 0.25) is 5.96 Å². The SMILES string of the molecule is CCOc1ccc2c(c1)S(=O)(=O)NC(=NC(CO)C(=O)O)N2. The number of aliphatic hydroxyl groups excluding tert-OH is 1. The van der Waals surface area contributed by atoms with Crippen LogP contribution in [0.5, 0.6) is 5.75 Å². The number of carbonyl (C=O) groups is 1. The quantitative estimate of drug-likeness (QED) is 0.576. The number of sulfonamides is 1. The Morgan fingerprint density at radius 2 is 2.18 bits per heavy atom. The Kier molecular flexibility index (Phi) is 4.52. The highest BCUT2D eigenvalue weighted by Gasteiger charge is 2.28. The Morgan fingerprint density at radius 3 is 2.77 bits per heavy atom. The average molecular weight is 329 g/mol. The van der Waals surface area contributed by atoms with Crippen LogP contribution in [0, 0.1) is 0 Å². The number of aliphatic carboxylic acids is 1. The Balaban J connectivity index is 2.39. The van der Waals surface area contributed by atoms with E-state index in [9.17, 15) is 13.2 Å². The molecule has 0 amide bonds. The predicted octanol–water partition coefficient (Wildman–Crippen LogP) is -0.409. The summed E-state index contributed by atoms with van der Waals surface area (Å²) < 4.78 is 31.7. The van der Waals surface area contributed by atoms with Crippen LogP contribution in [0.3, 0.4) is 0 Å². The first-order chi connectivity index (χ1) is 10.4. The zero-order valence-electron chi connectivity index (χ0n) is 11.6. The van der Waals surface area contributed by atoms with Gasteiger partial charge in [0, 0.05) is 6.07 Å². The molecule has 1 aliphatic heterocycles. The van der Waals surface area contributed by atoms with Crippen LogP contribution < -0.4 is 14.8 Å². The molecule has 1 aromatic carbocycles. The van der Waals surface area contributed by atoms with Gasteiger partial charge in [0.15, 0.2) is 6.04 Å². The number of hydrogen-bond donors (Lipinski definition) is 4. The molecule has 1 unspecified atom stereocenters. The van der Waals surface area contributed by atoms with E-state index in [1.54, 1.807) is 13.0 Å². The average Bonchev–Trinajstić information content (AvgIpc) is 2.45. The lowest BCUT2D eigenvalue weighted by Crippen LogP contribution is -2.42. The number of benzene rings is 1. The predicted molar refractivity (Wildman–Crippen MR) is 77.5 cm³/mol. The zero-order valence-corrected chi connectivity index (χ0v) is 12.4. The van der Waals surface area contributed by atoms with Gasteiger partial charge in [-0.2, -0.15) is 0 Å². The van der Waals surface area contributed by atoms with Gasteiger partial charge in [0.05, 0.1) is 18.9 Å². The minimum atomic E-state index is -3.91. The van der Waals surface area contributed by atoms with Crippen molar-refractivity contribution in [3.63, 3.8) is 0 Å². The molecule has 0 bridgehead atoms. The van der Waals surface area contributed by atoms with Crippen molar-refractivity contribution in [1.29, 1.82) is 0 Å². The number of hydrogen-bond acceptors (Lipinski definition) is 6. The molecule has 0 fully saturated rings. The van der Waals surface area contributed by atoms with Gasteiger partial charge < -0.3 is 20.3 Å². The van der Waals surface area contributed by atoms with Crippen LogP contribution in [0.2, 0.25) is 0 Å². The lowest BCUT2D eigenvalue weighted by molar-refractivity contribution is -0.139. The lowest BCUT2D eigenvalue weighted by Gasteiger charge is -2.22. The number of aliphatic hydroxyl groups is 1. The van der Waals surface area contributed by atoms with E-state index in [4.69, 9.17) is 14.9 Å². The molecular formula is C12H15N3O6S. The molecule has 9 nitrogen and oxygen atoms in total. The highest BCUT2D eigenvalue weighted by atomic mass is 32.2. The second-order valence-corrected chi connectivity index (χ2v) is 5.99. The fraction of sp³-hybridized carbons (Fsp3) is 0.333. The van der Waals surface area contributed by atoms with Crippen molar-refractivity contribution in [3.05, 3.63) is 18.2 Å². The fourth-order valence-corrected chi connectivity index (χ4v) is 2.96. The summed E-state index contributed by atoms with van der Waals surface area (Å²) in [5.74, 6) is -1.24. The second kappa shape index (κ2) is 6.20. The minimum absolute atomic E-state index is 0.0340. The first kappa shape index (κ1) is 16.0. The van der Waals surface area contributed by atoms with Crippen molar-refractivity contribution in [3.8, 4) is 5.75 Å². The molecule has 0 radical (unpaired) electrons. The van der Waals surface area contributed by atoms with E-state index in [0.717, 1.165) is 0 Å². The molecule has 0 spiro atoms.